The Labute approximate surface area is 104 Å². The second-order valence-electron chi connectivity index (χ2n) is 3.78. The van der Waals surface area contributed by atoms with Crippen molar-refractivity contribution in [1.29, 1.82) is 0 Å². The van der Waals surface area contributed by atoms with Crippen LogP contribution in [0.3, 0.4) is 0 Å². The van der Waals surface area contributed by atoms with E-state index in [4.69, 9.17) is 0 Å². The number of aliphatic hydroxyl groups is 1. The minimum atomic E-state index is -0.489. The summed E-state index contributed by atoms with van der Waals surface area (Å²) in [6.45, 7) is 5.35. The average Bonchev–Trinajstić information content (AvgIpc) is 2.95. The summed E-state index contributed by atoms with van der Waals surface area (Å²) in [5, 5.41) is 17.6. The highest BCUT2D eigenvalue weighted by Gasteiger charge is 2.07. The number of nitrogens with zero attached hydrogens (tertiary/aromatic N) is 3. The number of aliphatic hydroxyl groups excluding tert-OH is 1. The van der Waals surface area contributed by atoms with Crippen molar-refractivity contribution in [2.24, 2.45) is 0 Å². The van der Waals surface area contributed by atoms with Gasteiger partial charge in [0.05, 0.1) is 18.4 Å². The lowest BCUT2D eigenvalue weighted by molar-refractivity contribution is 0.199. The van der Waals surface area contributed by atoms with E-state index in [2.05, 4.69) is 22.3 Å². The molecule has 92 valence electrons. The largest absolute Gasteiger partial charge is 0.386 e. The first-order valence-electron chi connectivity index (χ1n) is 5.58. The number of aromatic nitrogens is 3. The molecule has 1 atom stereocenters. The van der Waals surface area contributed by atoms with Crippen LogP contribution >= 0.6 is 11.3 Å². The summed E-state index contributed by atoms with van der Waals surface area (Å²) in [4.78, 5) is 5.26. The van der Waals surface area contributed by atoms with E-state index in [-0.39, 0.29) is 0 Å². The zero-order chi connectivity index (χ0) is 12.3. The van der Waals surface area contributed by atoms with E-state index in [0.717, 1.165) is 22.1 Å². The summed E-state index contributed by atoms with van der Waals surface area (Å²) in [6.07, 6.45) is 5.08. The first-order valence-corrected chi connectivity index (χ1v) is 6.39. The van der Waals surface area contributed by atoms with Gasteiger partial charge < -0.3 is 10.4 Å². The SMILES string of the molecule is CCn1cc(NCc2cnc(C(C)O)s2)cn1. The van der Waals surface area contributed by atoms with Gasteiger partial charge in [-0.05, 0) is 13.8 Å². The van der Waals surface area contributed by atoms with Crippen LogP contribution in [0.4, 0.5) is 5.69 Å². The molecule has 0 aromatic carbocycles. The second-order valence-corrected chi connectivity index (χ2v) is 4.93. The van der Waals surface area contributed by atoms with Gasteiger partial charge in [0.25, 0.3) is 0 Å². The Morgan fingerprint density at radius 1 is 1.53 bits per heavy atom. The number of hydrogen-bond donors (Lipinski definition) is 2. The topological polar surface area (TPSA) is 63.0 Å². The highest BCUT2D eigenvalue weighted by atomic mass is 32.1. The number of nitrogens with one attached hydrogen (secondary N) is 1. The smallest absolute Gasteiger partial charge is 0.121 e. The maximum atomic E-state index is 9.37. The maximum absolute atomic E-state index is 9.37. The molecular weight excluding hydrogens is 236 g/mol. The standard InChI is InChI=1S/C11H16N4OS/c1-3-15-7-9(4-14-15)12-5-10-6-13-11(17-10)8(2)16/h4,6-8,12,16H,3,5H2,1-2H3. The van der Waals surface area contributed by atoms with Crippen LogP contribution in [0.2, 0.25) is 0 Å². The molecule has 1 unspecified atom stereocenters. The van der Waals surface area contributed by atoms with E-state index in [1.54, 1.807) is 19.3 Å². The quantitative estimate of drug-likeness (QED) is 0.854. The third kappa shape index (κ3) is 3.04. The van der Waals surface area contributed by atoms with Crippen molar-refractivity contribution >= 4 is 17.0 Å². The van der Waals surface area contributed by atoms with Gasteiger partial charge in [0.15, 0.2) is 0 Å². The van der Waals surface area contributed by atoms with Gasteiger partial charge in [0.1, 0.15) is 11.1 Å². The van der Waals surface area contributed by atoms with Crippen LogP contribution in [0, 0.1) is 0 Å². The molecule has 0 amide bonds. The lowest BCUT2D eigenvalue weighted by Crippen LogP contribution is -1.96. The third-order valence-electron chi connectivity index (χ3n) is 2.35. The van der Waals surface area contributed by atoms with Crippen molar-refractivity contribution in [3.05, 3.63) is 28.5 Å². The van der Waals surface area contributed by atoms with Crippen LogP contribution in [0.25, 0.3) is 0 Å². The lowest BCUT2D eigenvalue weighted by Gasteiger charge is -2.00. The molecule has 0 aliphatic carbocycles. The molecule has 0 radical (unpaired) electrons. The summed E-state index contributed by atoms with van der Waals surface area (Å²) in [7, 11) is 0. The predicted octanol–water partition coefficient (Wildman–Crippen LogP) is 2.02. The van der Waals surface area contributed by atoms with E-state index in [1.807, 2.05) is 10.9 Å². The predicted molar refractivity (Wildman–Crippen MR) is 68.0 cm³/mol. The molecule has 2 N–H and O–H groups in total. The van der Waals surface area contributed by atoms with Gasteiger partial charge in [-0.3, -0.25) is 4.68 Å². The number of anilines is 1. The van der Waals surface area contributed by atoms with Gasteiger partial charge in [-0.2, -0.15) is 5.10 Å². The van der Waals surface area contributed by atoms with Crippen molar-refractivity contribution < 1.29 is 5.11 Å². The Balaban J connectivity index is 1.92. The zero-order valence-electron chi connectivity index (χ0n) is 9.92. The molecule has 5 nitrogen and oxygen atoms in total. The monoisotopic (exact) mass is 252 g/mol. The number of hydrogen-bond acceptors (Lipinski definition) is 5. The summed E-state index contributed by atoms with van der Waals surface area (Å²) >= 11 is 1.52. The highest BCUT2D eigenvalue weighted by molar-refractivity contribution is 7.11. The molecule has 0 aliphatic heterocycles. The number of thiazole rings is 1. The van der Waals surface area contributed by atoms with Gasteiger partial charge in [0, 0.05) is 23.8 Å². The lowest BCUT2D eigenvalue weighted by atomic mass is 10.4. The van der Waals surface area contributed by atoms with Crippen LogP contribution in [0.1, 0.15) is 29.8 Å². The highest BCUT2D eigenvalue weighted by Crippen LogP contribution is 2.20. The molecule has 2 aromatic heterocycles. The fraction of sp³-hybridized carbons (Fsp3) is 0.455. The first kappa shape index (κ1) is 12.1. The molecule has 0 saturated carbocycles. The molecule has 0 fully saturated rings. The first-order chi connectivity index (χ1) is 8.19. The molecule has 0 bridgehead atoms. The van der Waals surface area contributed by atoms with Crippen molar-refractivity contribution in [1.82, 2.24) is 14.8 Å². The Morgan fingerprint density at radius 3 is 2.94 bits per heavy atom. The number of aryl methyl sites for hydroxylation is 1. The Morgan fingerprint density at radius 2 is 2.35 bits per heavy atom. The van der Waals surface area contributed by atoms with Gasteiger partial charge in [-0.15, -0.1) is 11.3 Å². The van der Waals surface area contributed by atoms with Crippen LogP contribution in [-0.2, 0) is 13.1 Å². The van der Waals surface area contributed by atoms with Crippen LogP contribution in [0.15, 0.2) is 18.6 Å². The minimum absolute atomic E-state index is 0.489. The van der Waals surface area contributed by atoms with Crippen molar-refractivity contribution in [2.75, 3.05) is 5.32 Å². The van der Waals surface area contributed by atoms with E-state index in [9.17, 15) is 5.11 Å². The molecule has 2 heterocycles. The van der Waals surface area contributed by atoms with Gasteiger partial charge >= 0.3 is 0 Å². The fourth-order valence-corrected chi connectivity index (χ4v) is 2.21. The Bertz CT molecular complexity index is 477. The Kier molecular flexibility index (Phi) is 3.75. The van der Waals surface area contributed by atoms with Crippen LogP contribution in [-0.4, -0.2) is 19.9 Å². The number of rotatable bonds is 5. The Hall–Kier alpha value is -1.40. The van der Waals surface area contributed by atoms with E-state index in [1.165, 1.54) is 11.3 Å². The van der Waals surface area contributed by atoms with E-state index in [0.29, 0.717) is 6.54 Å². The molecule has 0 aliphatic rings. The summed E-state index contributed by atoms with van der Waals surface area (Å²) in [5.74, 6) is 0. The van der Waals surface area contributed by atoms with Crippen LogP contribution in [0.5, 0.6) is 0 Å². The molecular formula is C11H16N4OS. The van der Waals surface area contributed by atoms with E-state index >= 15 is 0 Å². The summed E-state index contributed by atoms with van der Waals surface area (Å²) in [5.41, 5.74) is 0.999. The molecule has 17 heavy (non-hydrogen) atoms. The van der Waals surface area contributed by atoms with Crippen molar-refractivity contribution in [3.8, 4) is 0 Å². The maximum Gasteiger partial charge on any atom is 0.121 e. The minimum Gasteiger partial charge on any atom is -0.386 e. The molecule has 0 spiro atoms. The molecule has 2 rings (SSSR count). The normalized spacial score (nSPS) is 12.6. The van der Waals surface area contributed by atoms with Gasteiger partial charge in [-0.1, -0.05) is 0 Å². The van der Waals surface area contributed by atoms with E-state index < -0.39 is 6.10 Å². The molecule has 0 saturated heterocycles. The van der Waals surface area contributed by atoms with Crippen molar-refractivity contribution in [2.45, 2.75) is 33.0 Å². The van der Waals surface area contributed by atoms with Gasteiger partial charge in [0.2, 0.25) is 0 Å². The summed E-state index contributed by atoms with van der Waals surface area (Å²) < 4.78 is 1.87. The van der Waals surface area contributed by atoms with Crippen LogP contribution < -0.4 is 5.32 Å². The molecule has 2 aromatic rings. The third-order valence-corrected chi connectivity index (χ3v) is 3.52. The fourth-order valence-electron chi connectivity index (χ4n) is 1.41. The molecule has 6 heteroatoms. The average molecular weight is 252 g/mol. The van der Waals surface area contributed by atoms with Gasteiger partial charge in [-0.25, -0.2) is 4.98 Å². The summed E-state index contributed by atoms with van der Waals surface area (Å²) in [6, 6.07) is 0. The second kappa shape index (κ2) is 5.29. The van der Waals surface area contributed by atoms with Crippen molar-refractivity contribution in [3.63, 3.8) is 0 Å². The zero-order valence-corrected chi connectivity index (χ0v) is 10.7.